The van der Waals surface area contributed by atoms with Gasteiger partial charge in [-0.15, -0.1) is 11.3 Å². The van der Waals surface area contributed by atoms with Crippen LogP contribution in [-0.4, -0.2) is 26.7 Å². The minimum Gasteiger partial charge on any atom is -0.452 e. The standard InChI is InChI=1S/C28H19F2N5O3S/c29-18-3-6-20(7-4-18)35-11-1-2-21(28(35)37)27(36)34-19-5-8-24(22(30)13-19)38-25-12-17(26-15-32-16-39-26)14-33-23(25)9-10-31/h1-8,10-16,31H,9H2,(H,34,36). The Morgan fingerprint density at radius 3 is 2.62 bits per heavy atom. The first kappa shape index (κ1) is 25.6. The zero-order chi connectivity index (χ0) is 27.4. The average molecular weight is 544 g/mol. The Balaban J connectivity index is 1.37. The summed E-state index contributed by atoms with van der Waals surface area (Å²) in [5, 5.41) is 9.94. The minimum atomic E-state index is -0.756. The van der Waals surface area contributed by atoms with Crippen LogP contribution in [0.4, 0.5) is 14.5 Å². The third-order valence-electron chi connectivity index (χ3n) is 5.65. The van der Waals surface area contributed by atoms with E-state index < -0.39 is 23.1 Å². The fourth-order valence-electron chi connectivity index (χ4n) is 3.75. The van der Waals surface area contributed by atoms with Crippen molar-refractivity contribution in [3.63, 3.8) is 0 Å². The number of hydrogen-bond donors (Lipinski definition) is 2. The summed E-state index contributed by atoms with van der Waals surface area (Å²) in [4.78, 5) is 35.0. The molecule has 0 bridgehead atoms. The van der Waals surface area contributed by atoms with Crippen molar-refractivity contribution in [3.8, 4) is 27.6 Å². The Morgan fingerprint density at radius 1 is 1.08 bits per heavy atom. The second kappa shape index (κ2) is 11.2. The van der Waals surface area contributed by atoms with Crippen molar-refractivity contribution in [2.24, 2.45) is 0 Å². The summed E-state index contributed by atoms with van der Waals surface area (Å²) in [6, 6.07) is 13.7. The molecule has 1 amide bonds. The summed E-state index contributed by atoms with van der Waals surface area (Å²) in [5.41, 5.74) is 2.58. The van der Waals surface area contributed by atoms with E-state index in [0.29, 0.717) is 11.4 Å². The van der Waals surface area contributed by atoms with Crippen LogP contribution in [0.25, 0.3) is 16.1 Å². The van der Waals surface area contributed by atoms with Crippen LogP contribution < -0.4 is 15.6 Å². The van der Waals surface area contributed by atoms with E-state index in [2.05, 4.69) is 15.3 Å². The molecule has 0 unspecified atom stereocenters. The van der Waals surface area contributed by atoms with Gasteiger partial charge in [-0.2, -0.15) is 0 Å². The Kier molecular flexibility index (Phi) is 7.32. The average Bonchev–Trinajstić information content (AvgIpc) is 3.47. The lowest BCUT2D eigenvalue weighted by atomic mass is 10.2. The molecule has 0 aliphatic carbocycles. The molecule has 0 radical (unpaired) electrons. The molecule has 0 fully saturated rings. The number of ether oxygens (including phenoxy) is 1. The Morgan fingerprint density at radius 2 is 1.90 bits per heavy atom. The molecule has 11 heteroatoms. The van der Waals surface area contributed by atoms with Crippen LogP contribution in [0.3, 0.4) is 0 Å². The summed E-state index contributed by atoms with van der Waals surface area (Å²) in [6.45, 7) is 0. The van der Waals surface area contributed by atoms with Gasteiger partial charge in [-0.1, -0.05) is 0 Å². The molecule has 5 rings (SSSR count). The Bertz CT molecular complexity index is 1720. The van der Waals surface area contributed by atoms with Crippen LogP contribution in [0, 0.1) is 17.0 Å². The van der Waals surface area contributed by atoms with Gasteiger partial charge < -0.3 is 15.5 Å². The van der Waals surface area contributed by atoms with E-state index in [4.69, 9.17) is 10.1 Å². The predicted octanol–water partition coefficient (Wildman–Crippen LogP) is 5.87. The van der Waals surface area contributed by atoms with E-state index in [-0.39, 0.29) is 29.2 Å². The van der Waals surface area contributed by atoms with Crippen molar-refractivity contribution in [1.29, 1.82) is 5.41 Å². The summed E-state index contributed by atoms with van der Waals surface area (Å²) < 4.78 is 35.3. The predicted molar refractivity (Wildman–Crippen MR) is 144 cm³/mol. The van der Waals surface area contributed by atoms with Crippen LogP contribution in [0.2, 0.25) is 0 Å². The van der Waals surface area contributed by atoms with Gasteiger partial charge in [-0.3, -0.25) is 24.1 Å². The molecule has 2 aromatic carbocycles. The number of aromatic nitrogens is 3. The van der Waals surface area contributed by atoms with Gasteiger partial charge in [0, 0.05) is 54.2 Å². The zero-order valence-corrected chi connectivity index (χ0v) is 20.9. The molecule has 0 saturated carbocycles. The van der Waals surface area contributed by atoms with Gasteiger partial charge in [-0.05, 0) is 54.6 Å². The molecule has 194 valence electrons. The van der Waals surface area contributed by atoms with Crippen molar-refractivity contribution in [2.45, 2.75) is 6.42 Å². The van der Waals surface area contributed by atoms with E-state index in [1.807, 2.05) is 0 Å². The second-order valence-electron chi connectivity index (χ2n) is 8.22. The molecule has 0 saturated heterocycles. The van der Waals surface area contributed by atoms with E-state index in [0.717, 1.165) is 16.5 Å². The molecule has 0 atom stereocenters. The number of carbonyl (C=O) groups is 1. The smallest absolute Gasteiger partial charge is 0.267 e. The number of carbonyl (C=O) groups excluding carboxylic acids is 1. The number of hydrogen-bond acceptors (Lipinski definition) is 7. The van der Waals surface area contributed by atoms with Crippen molar-refractivity contribution in [3.05, 3.63) is 118 Å². The molecule has 8 nitrogen and oxygen atoms in total. The SMILES string of the molecule is N=CCc1ncc(-c2cncs2)cc1Oc1ccc(NC(=O)c2cccn(-c3ccc(F)cc3)c2=O)cc1F. The molecule has 0 spiro atoms. The number of nitrogens with one attached hydrogen (secondary N) is 2. The zero-order valence-electron chi connectivity index (χ0n) is 20.1. The molecular weight excluding hydrogens is 524 g/mol. The summed E-state index contributed by atoms with van der Waals surface area (Å²) in [6.07, 6.45) is 6.15. The maximum atomic E-state index is 15.0. The van der Waals surface area contributed by atoms with Crippen molar-refractivity contribution in [2.75, 3.05) is 5.32 Å². The molecule has 5 aromatic rings. The van der Waals surface area contributed by atoms with Gasteiger partial charge in [0.2, 0.25) is 0 Å². The molecule has 0 aliphatic heterocycles. The van der Waals surface area contributed by atoms with Gasteiger partial charge in [0.25, 0.3) is 11.5 Å². The van der Waals surface area contributed by atoms with E-state index in [1.165, 1.54) is 76.8 Å². The summed E-state index contributed by atoms with van der Waals surface area (Å²) in [5.74, 6) is -1.77. The number of amides is 1. The Hall–Kier alpha value is -5.03. The molecule has 39 heavy (non-hydrogen) atoms. The van der Waals surface area contributed by atoms with E-state index in [9.17, 15) is 14.0 Å². The second-order valence-corrected chi connectivity index (χ2v) is 9.10. The van der Waals surface area contributed by atoms with Crippen LogP contribution in [0.1, 0.15) is 16.1 Å². The van der Waals surface area contributed by atoms with Crippen molar-refractivity contribution < 1.29 is 18.3 Å². The summed E-state index contributed by atoms with van der Waals surface area (Å²) in [7, 11) is 0. The highest BCUT2D eigenvalue weighted by Crippen LogP contribution is 2.33. The largest absolute Gasteiger partial charge is 0.452 e. The quantitative estimate of drug-likeness (QED) is 0.238. The van der Waals surface area contributed by atoms with Crippen LogP contribution in [-0.2, 0) is 6.42 Å². The van der Waals surface area contributed by atoms with Crippen LogP contribution in [0.5, 0.6) is 11.5 Å². The lowest BCUT2D eigenvalue weighted by molar-refractivity contribution is 0.102. The van der Waals surface area contributed by atoms with E-state index in [1.54, 1.807) is 24.0 Å². The summed E-state index contributed by atoms with van der Waals surface area (Å²) >= 11 is 1.42. The van der Waals surface area contributed by atoms with Gasteiger partial charge >= 0.3 is 0 Å². The third kappa shape index (κ3) is 5.63. The first-order valence-corrected chi connectivity index (χ1v) is 12.4. The molecule has 2 N–H and O–H groups in total. The van der Waals surface area contributed by atoms with Gasteiger partial charge in [-0.25, -0.2) is 8.78 Å². The number of benzene rings is 2. The van der Waals surface area contributed by atoms with Gasteiger partial charge in [0.1, 0.15) is 17.1 Å². The molecular formula is C28H19F2N5O3S. The number of rotatable bonds is 8. The van der Waals surface area contributed by atoms with Crippen molar-refractivity contribution >= 4 is 29.1 Å². The lowest BCUT2D eigenvalue weighted by Crippen LogP contribution is -2.27. The normalized spacial score (nSPS) is 10.7. The first-order chi connectivity index (χ1) is 18.9. The number of anilines is 1. The monoisotopic (exact) mass is 543 g/mol. The maximum Gasteiger partial charge on any atom is 0.267 e. The van der Waals surface area contributed by atoms with E-state index >= 15 is 4.39 Å². The molecule has 0 aliphatic rings. The third-order valence-corrected chi connectivity index (χ3v) is 6.47. The topological polar surface area (TPSA) is 110 Å². The number of thiazole rings is 1. The number of halogens is 2. The lowest BCUT2D eigenvalue weighted by Gasteiger charge is -2.13. The highest BCUT2D eigenvalue weighted by atomic mass is 32.1. The number of pyridine rings is 2. The molecule has 3 heterocycles. The van der Waals surface area contributed by atoms with Gasteiger partial charge in [0.05, 0.1) is 16.1 Å². The highest BCUT2D eigenvalue weighted by Gasteiger charge is 2.16. The van der Waals surface area contributed by atoms with Crippen molar-refractivity contribution in [1.82, 2.24) is 14.5 Å². The first-order valence-electron chi connectivity index (χ1n) is 11.6. The van der Waals surface area contributed by atoms with Crippen LogP contribution >= 0.6 is 11.3 Å². The molecule has 3 aromatic heterocycles. The fourth-order valence-corrected chi connectivity index (χ4v) is 4.36. The highest BCUT2D eigenvalue weighted by molar-refractivity contribution is 7.13. The number of nitrogens with zero attached hydrogens (tertiary/aromatic N) is 3. The Labute approximate surface area is 224 Å². The van der Waals surface area contributed by atoms with Gasteiger partial charge in [0.15, 0.2) is 11.6 Å². The fraction of sp³-hybridized carbons (Fsp3) is 0.0357. The maximum absolute atomic E-state index is 15.0. The van der Waals surface area contributed by atoms with Crippen LogP contribution in [0.15, 0.2) is 89.6 Å². The minimum absolute atomic E-state index is 0.109.